The first-order valence-corrected chi connectivity index (χ1v) is 8.96. The molecule has 0 aromatic heterocycles. The van der Waals surface area contributed by atoms with Crippen LogP contribution in [0.15, 0.2) is 30.3 Å². The summed E-state index contributed by atoms with van der Waals surface area (Å²) >= 11 is 0. The van der Waals surface area contributed by atoms with Crippen molar-refractivity contribution in [3.8, 4) is 0 Å². The van der Waals surface area contributed by atoms with Crippen LogP contribution in [0.25, 0.3) is 0 Å². The monoisotopic (exact) mass is 392 g/mol. The molecule has 2 aromatic rings. The molecule has 0 saturated carbocycles. The fraction of sp³-hybridized carbons (Fsp3) is 0.381. The van der Waals surface area contributed by atoms with Gasteiger partial charge in [0.15, 0.2) is 11.6 Å². The van der Waals surface area contributed by atoms with Crippen LogP contribution in [0, 0.1) is 29.8 Å². The number of carbonyl (C=O) groups is 1. The standard InChI is InChI=1S/C21H23F3N2O2/c1-12-5-8-16(15(23)9-12)25-18-13(6-7-14(22)17(18)24)19(27)26-10-21(28,11-26)20(2,3)4/h5-9,25,28H,10-11H2,1-4H3. The first-order chi connectivity index (χ1) is 12.9. The Labute approximate surface area is 162 Å². The first kappa shape index (κ1) is 20.2. The van der Waals surface area contributed by atoms with Gasteiger partial charge in [0, 0.05) is 0 Å². The molecule has 28 heavy (non-hydrogen) atoms. The van der Waals surface area contributed by atoms with Crippen LogP contribution < -0.4 is 5.32 Å². The molecule has 1 amide bonds. The molecule has 0 atom stereocenters. The third kappa shape index (κ3) is 3.46. The smallest absolute Gasteiger partial charge is 0.256 e. The number of hydrogen-bond donors (Lipinski definition) is 2. The Morgan fingerprint density at radius 2 is 1.75 bits per heavy atom. The van der Waals surface area contributed by atoms with E-state index in [0.717, 1.165) is 12.1 Å². The average Bonchev–Trinajstić information content (AvgIpc) is 2.56. The molecule has 2 N–H and O–H groups in total. The van der Waals surface area contributed by atoms with E-state index in [1.165, 1.54) is 17.0 Å². The summed E-state index contributed by atoms with van der Waals surface area (Å²) < 4.78 is 42.4. The Balaban J connectivity index is 1.92. The third-order valence-corrected chi connectivity index (χ3v) is 5.30. The maximum atomic E-state index is 14.5. The number of benzene rings is 2. The molecule has 0 radical (unpaired) electrons. The SMILES string of the molecule is Cc1ccc(Nc2c(C(=O)N3CC(O)(C(C)(C)C)C3)ccc(F)c2F)c(F)c1. The maximum Gasteiger partial charge on any atom is 0.256 e. The van der Waals surface area contributed by atoms with Crippen molar-refractivity contribution in [1.29, 1.82) is 0 Å². The second-order valence-corrected chi connectivity index (χ2v) is 8.34. The van der Waals surface area contributed by atoms with Crippen molar-refractivity contribution in [3.05, 3.63) is 58.9 Å². The summed E-state index contributed by atoms with van der Waals surface area (Å²) in [6, 6.07) is 6.27. The normalized spacial score (nSPS) is 15.9. The lowest BCUT2D eigenvalue weighted by atomic mass is 9.71. The maximum absolute atomic E-state index is 14.5. The molecule has 3 rings (SSSR count). The Morgan fingerprint density at radius 3 is 2.32 bits per heavy atom. The second kappa shape index (κ2) is 6.81. The molecule has 0 spiro atoms. The molecule has 0 unspecified atom stereocenters. The predicted molar refractivity (Wildman–Crippen MR) is 101 cm³/mol. The third-order valence-electron chi connectivity index (χ3n) is 5.30. The lowest BCUT2D eigenvalue weighted by Gasteiger charge is -2.53. The average molecular weight is 392 g/mol. The summed E-state index contributed by atoms with van der Waals surface area (Å²) in [5, 5.41) is 13.1. The van der Waals surface area contributed by atoms with Crippen molar-refractivity contribution in [2.45, 2.75) is 33.3 Å². The van der Waals surface area contributed by atoms with Gasteiger partial charge in [0.1, 0.15) is 11.4 Å². The number of nitrogens with zero attached hydrogens (tertiary/aromatic N) is 1. The summed E-state index contributed by atoms with van der Waals surface area (Å²) in [6.45, 7) is 7.43. The van der Waals surface area contributed by atoms with Crippen LogP contribution in [-0.2, 0) is 0 Å². The highest BCUT2D eigenvalue weighted by Gasteiger charge is 2.51. The molecule has 0 bridgehead atoms. The van der Waals surface area contributed by atoms with Gasteiger partial charge < -0.3 is 15.3 Å². The van der Waals surface area contributed by atoms with Crippen molar-refractivity contribution >= 4 is 17.3 Å². The molecular weight excluding hydrogens is 369 g/mol. The Hall–Kier alpha value is -2.54. The van der Waals surface area contributed by atoms with Gasteiger partial charge in [-0.3, -0.25) is 4.79 Å². The van der Waals surface area contributed by atoms with Crippen LogP contribution in [0.2, 0.25) is 0 Å². The van der Waals surface area contributed by atoms with E-state index in [-0.39, 0.29) is 24.3 Å². The quantitative estimate of drug-likeness (QED) is 0.815. The summed E-state index contributed by atoms with van der Waals surface area (Å²) in [4.78, 5) is 14.2. The number of nitrogens with one attached hydrogen (secondary N) is 1. The van der Waals surface area contributed by atoms with Gasteiger partial charge >= 0.3 is 0 Å². The van der Waals surface area contributed by atoms with Crippen LogP contribution in [0.1, 0.15) is 36.7 Å². The minimum absolute atomic E-state index is 0.0704. The zero-order valence-corrected chi connectivity index (χ0v) is 16.2. The topological polar surface area (TPSA) is 52.6 Å². The van der Waals surface area contributed by atoms with E-state index in [0.29, 0.717) is 5.56 Å². The van der Waals surface area contributed by atoms with E-state index in [2.05, 4.69) is 5.32 Å². The number of halogens is 3. The number of aryl methyl sites for hydroxylation is 1. The van der Waals surface area contributed by atoms with Crippen LogP contribution >= 0.6 is 0 Å². The predicted octanol–water partition coefficient (Wildman–Crippen LogP) is 4.39. The van der Waals surface area contributed by atoms with E-state index >= 15 is 0 Å². The van der Waals surface area contributed by atoms with Crippen molar-refractivity contribution in [2.24, 2.45) is 5.41 Å². The molecule has 0 aliphatic carbocycles. The molecule has 1 aliphatic heterocycles. The van der Waals surface area contributed by atoms with E-state index in [1.54, 1.807) is 13.0 Å². The molecular formula is C21H23F3N2O2. The van der Waals surface area contributed by atoms with E-state index in [4.69, 9.17) is 0 Å². The van der Waals surface area contributed by atoms with Crippen molar-refractivity contribution in [2.75, 3.05) is 18.4 Å². The molecule has 150 valence electrons. The number of carbonyl (C=O) groups excluding carboxylic acids is 1. The fourth-order valence-corrected chi connectivity index (χ4v) is 3.08. The highest BCUT2D eigenvalue weighted by Crippen LogP contribution is 2.39. The summed E-state index contributed by atoms with van der Waals surface area (Å²) in [5.41, 5.74) is -1.46. The molecule has 1 heterocycles. The van der Waals surface area contributed by atoms with Crippen molar-refractivity contribution in [1.82, 2.24) is 4.90 Å². The van der Waals surface area contributed by atoms with Crippen LogP contribution in [0.3, 0.4) is 0 Å². The van der Waals surface area contributed by atoms with Gasteiger partial charge in [-0.1, -0.05) is 26.8 Å². The molecule has 1 fully saturated rings. The number of hydrogen-bond acceptors (Lipinski definition) is 3. The van der Waals surface area contributed by atoms with Gasteiger partial charge in [-0.25, -0.2) is 13.2 Å². The van der Waals surface area contributed by atoms with Crippen LogP contribution in [0.5, 0.6) is 0 Å². The summed E-state index contributed by atoms with van der Waals surface area (Å²) in [5.74, 6) is -3.63. The van der Waals surface area contributed by atoms with Gasteiger partial charge in [0.25, 0.3) is 5.91 Å². The lowest BCUT2D eigenvalue weighted by molar-refractivity contribution is -0.147. The summed E-state index contributed by atoms with van der Waals surface area (Å²) in [6.07, 6.45) is 0. The highest BCUT2D eigenvalue weighted by atomic mass is 19.2. The van der Waals surface area contributed by atoms with E-state index in [1.807, 2.05) is 20.8 Å². The Bertz CT molecular complexity index is 932. The number of β-amino-alcohol motifs (C(OH)–C–C–N with tert-alkyl or cyclic N) is 1. The zero-order valence-electron chi connectivity index (χ0n) is 16.2. The van der Waals surface area contributed by atoms with Gasteiger partial charge in [-0.15, -0.1) is 0 Å². The number of anilines is 2. The van der Waals surface area contributed by atoms with Crippen LogP contribution in [0.4, 0.5) is 24.5 Å². The van der Waals surface area contributed by atoms with Gasteiger partial charge in [-0.2, -0.15) is 0 Å². The van der Waals surface area contributed by atoms with Gasteiger partial charge in [0.05, 0.1) is 30.0 Å². The molecule has 4 nitrogen and oxygen atoms in total. The zero-order chi connectivity index (χ0) is 20.9. The van der Waals surface area contributed by atoms with Crippen molar-refractivity contribution in [3.63, 3.8) is 0 Å². The van der Waals surface area contributed by atoms with E-state index < -0.39 is 40.1 Å². The molecule has 2 aromatic carbocycles. The largest absolute Gasteiger partial charge is 0.386 e. The highest BCUT2D eigenvalue weighted by molar-refractivity contribution is 6.01. The van der Waals surface area contributed by atoms with E-state index in [9.17, 15) is 23.1 Å². The first-order valence-electron chi connectivity index (χ1n) is 8.96. The lowest BCUT2D eigenvalue weighted by Crippen LogP contribution is -2.69. The minimum atomic E-state index is -1.27. The Morgan fingerprint density at radius 1 is 1.11 bits per heavy atom. The van der Waals surface area contributed by atoms with Gasteiger partial charge in [0.2, 0.25) is 0 Å². The number of likely N-dealkylation sites (tertiary alicyclic amines) is 1. The fourth-order valence-electron chi connectivity index (χ4n) is 3.08. The second-order valence-electron chi connectivity index (χ2n) is 8.34. The summed E-state index contributed by atoms with van der Waals surface area (Å²) in [7, 11) is 0. The minimum Gasteiger partial charge on any atom is -0.386 e. The number of amides is 1. The Kier molecular flexibility index (Phi) is 4.91. The van der Waals surface area contributed by atoms with Crippen molar-refractivity contribution < 1.29 is 23.1 Å². The molecule has 1 saturated heterocycles. The molecule has 1 aliphatic rings. The molecule has 7 heteroatoms. The number of aliphatic hydroxyl groups is 1. The van der Waals surface area contributed by atoms with Gasteiger partial charge in [-0.05, 0) is 42.2 Å². The van der Waals surface area contributed by atoms with Crippen LogP contribution in [-0.4, -0.2) is 34.6 Å². The number of rotatable bonds is 3.